The van der Waals surface area contributed by atoms with Crippen LogP contribution in [0.15, 0.2) is 83.1 Å². The maximum Gasteiger partial charge on any atom is 0.341 e. The molecule has 10 heteroatoms. The molecule has 0 fully saturated rings. The van der Waals surface area contributed by atoms with Gasteiger partial charge in [-0.25, -0.2) is 4.79 Å². The first kappa shape index (κ1) is 29.1. The Morgan fingerprint density at radius 3 is 2.50 bits per heavy atom. The molecule has 0 aliphatic heterocycles. The molecule has 1 aromatic heterocycles. The summed E-state index contributed by atoms with van der Waals surface area (Å²) in [7, 11) is 1.60. The summed E-state index contributed by atoms with van der Waals surface area (Å²) in [6.07, 6.45) is 0. The molecule has 7 nitrogen and oxygen atoms in total. The highest BCUT2D eigenvalue weighted by Gasteiger charge is 2.23. The monoisotopic (exact) mass is 591 g/mol. The Balaban J connectivity index is 1.39. The highest BCUT2D eigenvalue weighted by atomic mass is 32.2. The molecule has 4 aromatic rings. The number of rotatable bonds is 10. The lowest BCUT2D eigenvalue weighted by molar-refractivity contribution is -0.113. The van der Waals surface area contributed by atoms with E-state index in [1.165, 1.54) is 23.1 Å². The molecular weight excluding hydrogens is 563 g/mol. The average molecular weight is 592 g/mol. The number of thiophene rings is 1. The lowest BCUT2D eigenvalue weighted by Gasteiger charge is -2.14. The van der Waals surface area contributed by atoms with E-state index in [4.69, 9.17) is 21.7 Å². The Bertz CT molecular complexity index is 1500. The average Bonchev–Trinajstić information content (AvgIpc) is 3.36. The third kappa shape index (κ3) is 7.62. The maximum absolute atomic E-state index is 12.9. The van der Waals surface area contributed by atoms with Crippen LogP contribution in [0, 0.1) is 6.92 Å². The van der Waals surface area contributed by atoms with Gasteiger partial charge in [-0.1, -0.05) is 48.0 Å². The zero-order valence-electron chi connectivity index (χ0n) is 22.3. The quantitative estimate of drug-likeness (QED) is 0.0996. The van der Waals surface area contributed by atoms with E-state index >= 15 is 0 Å². The summed E-state index contributed by atoms with van der Waals surface area (Å²) in [4.78, 5) is 26.6. The van der Waals surface area contributed by atoms with Gasteiger partial charge in [0, 0.05) is 21.5 Å². The summed E-state index contributed by atoms with van der Waals surface area (Å²) >= 11 is 8.15. The van der Waals surface area contributed by atoms with E-state index in [-0.39, 0.29) is 18.3 Å². The number of aryl methyl sites for hydroxylation is 1. The fourth-order valence-electron chi connectivity index (χ4n) is 3.81. The molecule has 40 heavy (non-hydrogen) atoms. The van der Waals surface area contributed by atoms with Gasteiger partial charge in [0.25, 0.3) is 0 Å². The summed E-state index contributed by atoms with van der Waals surface area (Å²) in [5.41, 5.74) is 4.66. The Labute approximate surface area is 247 Å². The second-order valence-electron chi connectivity index (χ2n) is 8.58. The van der Waals surface area contributed by atoms with Crippen LogP contribution in [0.1, 0.15) is 22.8 Å². The number of anilines is 3. The number of nitrogens with one attached hydrogen (secondary N) is 3. The molecule has 206 valence electrons. The Morgan fingerprint density at radius 1 is 0.975 bits per heavy atom. The fourth-order valence-corrected chi connectivity index (χ4v) is 5.77. The number of amides is 1. The standard InChI is InChI=1S/C30H29N3O4S3/c1-4-37-29(35)27-23(20-14-12-19(2)13-15-20)17-40-28(27)33-26(34)18-39-22-9-7-8-21(16-22)31-30(38)32-24-10-5-6-11-25(24)36-3/h5-17H,4,18H2,1-3H3,(H,33,34)(H2,31,32,38). The molecule has 1 heterocycles. The molecule has 0 saturated heterocycles. The summed E-state index contributed by atoms with van der Waals surface area (Å²) in [5, 5.41) is 12.0. The second kappa shape index (κ2) is 14.0. The van der Waals surface area contributed by atoms with Crippen molar-refractivity contribution in [2.45, 2.75) is 18.7 Å². The molecule has 0 unspecified atom stereocenters. The van der Waals surface area contributed by atoms with E-state index in [2.05, 4.69) is 16.0 Å². The highest BCUT2D eigenvalue weighted by Crippen LogP contribution is 2.36. The zero-order valence-corrected chi connectivity index (χ0v) is 24.7. The van der Waals surface area contributed by atoms with Crippen LogP contribution in [0.2, 0.25) is 0 Å². The minimum absolute atomic E-state index is 0.160. The molecule has 3 N–H and O–H groups in total. The van der Waals surface area contributed by atoms with E-state index in [1.54, 1.807) is 14.0 Å². The van der Waals surface area contributed by atoms with Crippen LogP contribution in [0.4, 0.5) is 16.4 Å². The van der Waals surface area contributed by atoms with Crippen molar-refractivity contribution in [3.8, 4) is 16.9 Å². The van der Waals surface area contributed by atoms with E-state index in [1.807, 2.05) is 85.1 Å². The molecule has 0 saturated carbocycles. The minimum Gasteiger partial charge on any atom is -0.495 e. The van der Waals surface area contributed by atoms with Gasteiger partial charge in [-0.2, -0.15) is 0 Å². The summed E-state index contributed by atoms with van der Waals surface area (Å²) in [6.45, 7) is 4.01. The van der Waals surface area contributed by atoms with Gasteiger partial charge in [0.1, 0.15) is 16.3 Å². The van der Waals surface area contributed by atoms with Crippen molar-refractivity contribution in [3.63, 3.8) is 0 Å². The Hall–Kier alpha value is -3.86. The fraction of sp³-hybridized carbons (Fsp3) is 0.167. The molecular formula is C30H29N3O4S3. The third-order valence-electron chi connectivity index (χ3n) is 5.70. The van der Waals surface area contributed by atoms with Crippen molar-refractivity contribution in [2.75, 3.05) is 35.4 Å². The highest BCUT2D eigenvalue weighted by molar-refractivity contribution is 8.00. The van der Waals surface area contributed by atoms with Crippen molar-refractivity contribution < 1.29 is 19.1 Å². The number of hydrogen-bond donors (Lipinski definition) is 3. The first-order valence-corrected chi connectivity index (χ1v) is 14.7. The van der Waals surface area contributed by atoms with Gasteiger partial charge in [0.2, 0.25) is 5.91 Å². The van der Waals surface area contributed by atoms with Crippen LogP contribution in [0.5, 0.6) is 5.75 Å². The molecule has 4 rings (SSSR count). The van der Waals surface area contributed by atoms with Gasteiger partial charge in [-0.05, 0) is 62.0 Å². The van der Waals surface area contributed by atoms with Crippen LogP contribution >= 0.6 is 35.3 Å². The van der Waals surface area contributed by atoms with Crippen molar-refractivity contribution in [1.82, 2.24) is 0 Å². The predicted molar refractivity (Wildman–Crippen MR) is 169 cm³/mol. The molecule has 0 aliphatic rings. The van der Waals surface area contributed by atoms with Crippen molar-refractivity contribution in [1.29, 1.82) is 0 Å². The number of carbonyl (C=O) groups is 2. The molecule has 3 aromatic carbocycles. The van der Waals surface area contributed by atoms with Crippen molar-refractivity contribution in [2.24, 2.45) is 0 Å². The number of esters is 1. The number of ether oxygens (including phenoxy) is 2. The number of methoxy groups -OCH3 is 1. The number of carbonyl (C=O) groups excluding carboxylic acids is 2. The SMILES string of the molecule is CCOC(=O)c1c(-c2ccc(C)cc2)csc1NC(=O)CSc1cccc(NC(=S)Nc2ccccc2OC)c1. The van der Waals surface area contributed by atoms with Crippen LogP contribution in [-0.4, -0.2) is 36.5 Å². The van der Waals surface area contributed by atoms with Gasteiger partial charge < -0.3 is 25.4 Å². The van der Waals surface area contributed by atoms with E-state index in [0.717, 1.165) is 33.0 Å². The normalized spacial score (nSPS) is 10.5. The van der Waals surface area contributed by atoms with Gasteiger partial charge >= 0.3 is 5.97 Å². The van der Waals surface area contributed by atoms with Crippen LogP contribution in [-0.2, 0) is 9.53 Å². The van der Waals surface area contributed by atoms with Crippen molar-refractivity contribution >= 4 is 68.7 Å². The largest absolute Gasteiger partial charge is 0.495 e. The lowest BCUT2D eigenvalue weighted by atomic mass is 10.0. The number of thiocarbonyl (C=S) groups is 1. The number of thioether (sulfide) groups is 1. The van der Waals surface area contributed by atoms with Crippen LogP contribution in [0.25, 0.3) is 11.1 Å². The van der Waals surface area contributed by atoms with Gasteiger partial charge in [0.15, 0.2) is 5.11 Å². The van der Waals surface area contributed by atoms with Gasteiger partial charge in [-0.15, -0.1) is 23.1 Å². The Kier molecular flexibility index (Phi) is 10.2. The van der Waals surface area contributed by atoms with Gasteiger partial charge in [-0.3, -0.25) is 4.79 Å². The topological polar surface area (TPSA) is 88.7 Å². The molecule has 0 bridgehead atoms. The smallest absolute Gasteiger partial charge is 0.341 e. The summed E-state index contributed by atoms with van der Waals surface area (Å²) < 4.78 is 10.7. The van der Waals surface area contributed by atoms with E-state index in [9.17, 15) is 9.59 Å². The first-order chi connectivity index (χ1) is 19.4. The van der Waals surface area contributed by atoms with Crippen molar-refractivity contribution in [3.05, 3.63) is 89.3 Å². The zero-order chi connectivity index (χ0) is 28.5. The number of hydrogen-bond acceptors (Lipinski definition) is 7. The minimum atomic E-state index is -0.459. The number of benzene rings is 3. The Morgan fingerprint density at radius 2 is 1.75 bits per heavy atom. The summed E-state index contributed by atoms with van der Waals surface area (Å²) in [6, 6.07) is 23.0. The number of para-hydroxylation sites is 2. The van der Waals surface area contributed by atoms with E-state index < -0.39 is 5.97 Å². The van der Waals surface area contributed by atoms with Gasteiger partial charge in [0.05, 0.1) is 25.2 Å². The first-order valence-electron chi connectivity index (χ1n) is 12.5. The molecule has 0 atom stereocenters. The molecule has 0 spiro atoms. The maximum atomic E-state index is 12.9. The molecule has 1 amide bonds. The third-order valence-corrected chi connectivity index (χ3v) is 7.80. The van der Waals surface area contributed by atoms with Crippen LogP contribution in [0.3, 0.4) is 0 Å². The molecule has 0 radical (unpaired) electrons. The lowest BCUT2D eigenvalue weighted by Crippen LogP contribution is -2.19. The van der Waals surface area contributed by atoms with Crippen LogP contribution < -0.4 is 20.7 Å². The second-order valence-corrected chi connectivity index (χ2v) is 10.9. The molecule has 0 aliphatic carbocycles. The summed E-state index contributed by atoms with van der Waals surface area (Å²) in [5.74, 6) is 0.163. The van der Waals surface area contributed by atoms with E-state index in [0.29, 0.717) is 21.4 Å². The predicted octanol–water partition coefficient (Wildman–Crippen LogP) is 7.45.